The van der Waals surface area contributed by atoms with Crippen molar-refractivity contribution in [3.63, 3.8) is 0 Å². The Balaban J connectivity index is 1.69. The van der Waals surface area contributed by atoms with Crippen LogP contribution in [0.15, 0.2) is 67.6 Å². The van der Waals surface area contributed by atoms with E-state index in [1.807, 2.05) is 54.0 Å². The maximum absolute atomic E-state index is 12.7. The first-order valence-corrected chi connectivity index (χ1v) is 10.9. The molecule has 0 amide bonds. The van der Waals surface area contributed by atoms with Crippen molar-refractivity contribution in [1.29, 1.82) is 0 Å². The van der Waals surface area contributed by atoms with Gasteiger partial charge in [-0.15, -0.1) is 11.3 Å². The number of imidazole rings is 1. The highest BCUT2D eigenvalue weighted by molar-refractivity contribution is 8.01. The predicted octanol–water partition coefficient (Wildman–Crippen LogP) is 3.54. The third-order valence-electron chi connectivity index (χ3n) is 4.85. The lowest BCUT2D eigenvalue weighted by Crippen LogP contribution is -2.29. The van der Waals surface area contributed by atoms with E-state index >= 15 is 0 Å². The summed E-state index contributed by atoms with van der Waals surface area (Å²) in [5.74, 6) is 0. The molecule has 0 atom stereocenters. The van der Waals surface area contributed by atoms with Gasteiger partial charge in [-0.2, -0.15) is 0 Å². The second-order valence-corrected chi connectivity index (χ2v) is 9.25. The van der Waals surface area contributed by atoms with Gasteiger partial charge >= 0.3 is 5.69 Å². The molecular formula is C21H17N5O2S2. The van der Waals surface area contributed by atoms with Gasteiger partial charge in [-0.05, 0) is 36.4 Å². The Bertz CT molecular complexity index is 1490. The van der Waals surface area contributed by atoms with E-state index in [2.05, 4.69) is 21.0 Å². The minimum atomic E-state index is -0.482. The summed E-state index contributed by atoms with van der Waals surface area (Å²) in [6, 6.07) is 16.1. The van der Waals surface area contributed by atoms with E-state index in [4.69, 9.17) is 0 Å². The Morgan fingerprint density at radius 1 is 1.10 bits per heavy atom. The molecule has 30 heavy (non-hydrogen) atoms. The van der Waals surface area contributed by atoms with Crippen molar-refractivity contribution in [1.82, 2.24) is 24.1 Å². The molecule has 1 N–H and O–H groups in total. The van der Waals surface area contributed by atoms with E-state index < -0.39 is 11.2 Å². The molecular weight excluding hydrogens is 418 g/mol. The van der Waals surface area contributed by atoms with Crippen LogP contribution in [0, 0.1) is 6.92 Å². The third-order valence-corrected chi connectivity index (χ3v) is 6.94. The SMILES string of the molecule is Cc1cccc(Cn2c(Sc3nc4ccccc4s3)nc3c2c(=O)[nH]c(=O)n3C)c1. The smallest absolute Gasteiger partial charge is 0.308 e. The van der Waals surface area contributed by atoms with Crippen molar-refractivity contribution in [2.75, 3.05) is 0 Å². The molecule has 0 aliphatic heterocycles. The van der Waals surface area contributed by atoms with E-state index in [9.17, 15) is 9.59 Å². The fraction of sp³-hybridized carbons (Fsp3) is 0.143. The molecule has 0 fully saturated rings. The molecule has 0 saturated heterocycles. The van der Waals surface area contributed by atoms with Crippen LogP contribution in [0.2, 0.25) is 0 Å². The Labute approximate surface area is 179 Å². The lowest BCUT2D eigenvalue weighted by molar-refractivity contribution is 0.727. The second-order valence-electron chi connectivity index (χ2n) is 7.01. The zero-order valence-corrected chi connectivity index (χ0v) is 17.9. The first-order valence-electron chi connectivity index (χ1n) is 9.28. The van der Waals surface area contributed by atoms with Crippen molar-refractivity contribution < 1.29 is 0 Å². The maximum atomic E-state index is 12.7. The topological polar surface area (TPSA) is 85.6 Å². The Morgan fingerprint density at radius 2 is 1.93 bits per heavy atom. The van der Waals surface area contributed by atoms with Crippen LogP contribution in [0.3, 0.4) is 0 Å². The molecule has 0 spiro atoms. The minimum absolute atomic E-state index is 0.361. The highest BCUT2D eigenvalue weighted by Crippen LogP contribution is 2.35. The van der Waals surface area contributed by atoms with Gasteiger partial charge in [-0.25, -0.2) is 14.8 Å². The number of fused-ring (bicyclic) bond motifs is 2. The molecule has 0 bridgehead atoms. The summed E-state index contributed by atoms with van der Waals surface area (Å²) in [6.45, 7) is 2.50. The Hall–Kier alpha value is -3.17. The number of hydrogen-bond donors (Lipinski definition) is 1. The third kappa shape index (κ3) is 3.25. The van der Waals surface area contributed by atoms with Crippen LogP contribution >= 0.6 is 23.1 Å². The number of aromatic amines is 1. The summed E-state index contributed by atoms with van der Waals surface area (Å²) in [7, 11) is 1.61. The van der Waals surface area contributed by atoms with Gasteiger partial charge in [0.15, 0.2) is 20.7 Å². The summed E-state index contributed by atoms with van der Waals surface area (Å²) in [4.78, 5) is 36.5. The van der Waals surface area contributed by atoms with E-state index in [0.717, 1.165) is 25.7 Å². The molecule has 9 heteroatoms. The fourth-order valence-corrected chi connectivity index (χ4v) is 5.46. The average molecular weight is 436 g/mol. The predicted molar refractivity (Wildman–Crippen MR) is 120 cm³/mol. The van der Waals surface area contributed by atoms with Crippen LogP contribution in [-0.2, 0) is 13.6 Å². The largest absolute Gasteiger partial charge is 0.329 e. The van der Waals surface area contributed by atoms with Crippen LogP contribution < -0.4 is 11.2 Å². The summed E-state index contributed by atoms with van der Waals surface area (Å²) in [5.41, 5.74) is 2.93. The van der Waals surface area contributed by atoms with Crippen LogP contribution in [0.1, 0.15) is 11.1 Å². The molecule has 0 aliphatic rings. The molecule has 5 rings (SSSR count). The molecule has 0 aliphatic carbocycles. The monoisotopic (exact) mass is 435 g/mol. The molecule has 3 aromatic heterocycles. The average Bonchev–Trinajstić information content (AvgIpc) is 3.28. The van der Waals surface area contributed by atoms with Crippen LogP contribution in [0.25, 0.3) is 21.4 Å². The van der Waals surface area contributed by atoms with Crippen LogP contribution in [0.4, 0.5) is 0 Å². The van der Waals surface area contributed by atoms with E-state index in [0.29, 0.717) is 22.9 Å². The number of nitrogens with one attached hydrogen (secondary N) is 1. The normalized spacial score (nSPS) is 11.5. The molecule has 7 nitrogen and oxygen atoms in total. The molecule has 0 radical (unpaired) electrons. The molecule has 150 valence electrons. The Morgan fingerprint density at radius 3 is 2.73 bits per heavy atom. The first-order chi connectivity index (χ1) is 14.5. The number of aryl methyl sites for hydroxylation is 2. The molecule has 3 heterocycles. The number of rotatable bonds is 4. The van der Waals surface area contributed by atoms with E-state index in [1.165, 1.54) is 16.3 Å². The van der Waals surface area contributed by atoms with Gasteiger partial charge in [0, 0.05) is 7.05 Å². The zero-order chi connectivity index (χ0) is 20.8. The minimum Gasteiger partial charge on any atom is -0.308 e. The van der Waals surface area contributed by atoms with Gasteiger partial charge in [0.25, 0.3) is 5.56 Å². The number of nitrogens with zero attached hydrogens (tertiary/aromatic N) is 4. The number of benzene rings is 2. The van der Waals surface area contributed by atoms with Gasteiger partial charge in [0.1, 0.15) is 0 Å². The van der Waals surface area contributed by atoms with Gasteiger partial charge in [0.05, 0.1) is 16.8 Å². The maximum Gasteiger partial charge on any atom is 0.329 e. The van der Waals surface area contributed by atoms with E-state index in [-0.39, 0.29) is 0 Å². The lowest BCUT2D eigenvalue weighted by atomic mass is 10.1. The standard InChI is InChI=1S/C21H17N5O2S2/c1-12-6-5-7-13(10-12)11-26-16-17(25(2)19(28)24-18(16)27)23-20(26)30-21-22-14-8-3-4-9-15(14)29-21/h3-10H,11H2,1-2H3,(H,24,27,28). The number of thiazole rings is 1. The molecule has 2 aromatic carbocycles. The van der Waals surface area contributed by atoms with Crippen LogP contribution in [-0.4, -0.2) is 24.1 Å². The van der Waals surface area contributed by atoms with Crippen LogP contribution in [0.5, 0.6) is 0 Å². The van der Waals surface area contributed by atoms with Crippen molar-refractivity contribution in [3.8, 4) is 0 Å². The van der Waals surface area contributed by atoms with Gasteiger partial charge in [-0.3, -0.25) is 14.3 Å². The van der Waals surface area contributed by atoms with Gasteiger partial charge in [0.2, 0.25) is 0 Å². The summed E-state index contributed by atoms with van der Waals surface area (Å²) in [5, 5.41) is 0.622. The summed E-state index contributed by atoms with van der Waals surface area (Å²) >= 11 is 2.98. The summed E-state index contributed by atoms with van der Waals surface area (Å²) < 4.78 is 5.15. The molecule has 5 aromatic rings. The van der Waals surface area contributed by atoms with Crippen molar-refractivity contribution in [2.24, 2.45) is 7.05 Å². The highest BCUT2D eigenvalue weighted by atomic mass is 32.2. The number of para-hydroxylation sites is 1. The summed E-state index contributed by atoms with van der Waals surface area (Å²) in [6.07, 6.45) is 0. The molecule has 0 saturated carbocycles. The first kappa shape index (κ1) is 18.8. The number of H-pyrrole nitrogens is 1. The van der Waals surface area contributed by atoms with E-state index in [1.54, 1.807) is 18.4 Å². The fourth-order valence-electron chi connectivity index (χ4n) is 3.41. The molecule has 0 unspecified atom stereocenters. The van der Waals surface area contributed by atoms with Gasteiger partial charge < -0.3 is 4.57 Å². The highest BCUT2D eigenvalue weighted by Gasteiger charge is 2.19. The second kappa shape index (κ2) is 7.26. The van der Waals surface area contributed by atoms with Crippen molar-refractivity contribution >= 4 is 44.5 Å². The lowest BCUT2D eigenvalue weighted by Gasteiger charge is -2.08. The number of aromatic nitrogens is 5. The van der Waals surface area contributed by atoms with Crippen molar-refractivity contribution in [2.45, 2.75) is 23.0 Å². The Kier molecular flexibility index (Phi) is 4.56. The zero-order valence-electron chi connectivity index (χ0n) is 16.2. The quantitative estimate of drug-likeness (QED) is 0.467. The number of hydrogen-bond acceptors (Lipinski definition) is 6. The van der Waals surface area contributed by atoms with Gasteiger partial charge in [-0.1, -0.05) is 42.0 Å². The van der Waals surface area contributed by atoms with Crippen molar-refractivity contribution in [3.05, 3.63) is 80.5 Å².